The van der Waals surface area contributed by atoms with Gasteiger partial charge < -0.3 is 15.6 Å². The number of anilines is 1. The molecule has 3 unspecified atom stereocenters. The molecule has 152 valence electrons. The smallest absolute Gasteiger partial charge is 0.255 e. The number of aromatic nitrogens is 3. The second kappa shape index (κ2) is 7.76. The summed E-state index contributed by atoms with van der Waals surface area (Å²) in [5.41, 5.74) is 3.06. The lowest BCUT2D eigenvalue weighted by Crippen LogP contribution is -2.34. The highest BCUT2D eigenvalue weighted by Crippen LogP contribution is 2.40. The van der Waals surface area contributed by atoms with Crippen molar-refractivity contribution >= 4 is 40.1 Å². The Bertz CT molecular complexity index is 1200. The predicted molar refractivity (Wildman–Crippen MR) is 115 cm³/mol. The van der Waals surface area contributed by atoms with Gasteiger partial charge >= 0.3 is 0 Å². The molecule has 8 nitrogen and oxygen atoms in total. The maximum Gasteiger partial charge on any atom is 0.255 e. The minimum absolute atomic E-state index is 0.0101. The molecule has 3 atom stereocenters. The monoisotopic (exact) mass is 421 g/mol. The molecule has 4 rings (SSSR count). The van der Waals surface area contributed by atoms with Crippen molar-refractivity contribution in [3.63, 3.8) is 0 Å². The number of hydrogen-bond donors (Lipinski definition) is 4. The van der Waals surface area contributed by atoms with Gasteiger partial charge in [0.15, 0.2) is 5.65 Å². The Morgan fingerprint density at radius 1 is 1.43 bits per heavy atom. The average molecular weight is 422 g/mol. The predicted octanol–water partition coefficient (Wildman–Crippen LogP) is 3.35. The zero-order chi connectivity index (χ0) is 21.4. The standard InChI is InChI=1S/C21H20ClN7O/c1-10(14-5-11(14)7-23)28-21(30)15-8-26-20-19(15)29-17(9-27-20)18(24)13-4-3-12(22)6-16(13)25-2/h3-4,6,8-11,14,24-25H,5H2,1-2H3,(H,26,27)(H,28,30). The van der Waals surface area contributed by atoms with E-state index in [4.69, 9.17) is 22.3 Å². The summed E-state index contributed by atoms with van der Waals surface area (Å²) < 4.78 is 0. The summed E-state index contributed by atoms with van der Waals surface area (Å²) in [6.07, 6.45) is 3.87. The average Bonchev–Trinajstić information content (AvgIpc) is 3.43. The summed E-state index contributed by atoms with van der Waals surface area (Å²) in [6, 6.07) is 7.33. The molecule has 1 fully saturated rings. The number of nitriles is 1. The minimum atomic E-state index is -0.280. The Morgan fingerprint density at radius 2 is 2.23 bits per heavy atom. The molecule has 0 radical (unpaired) electrons. The van der Waals surface area contributed by atoms with Crippen LogP contribution < -0.4 is 10.6 Å². The van der Waals surface area contributed by atoms with E-state index in [1.54, 1.807) is 31.4 Å². The van der Waals surface area contributed by atoms with Crippen molar-refractivity contribution in [2.75, 3.05) is 12.4 Å². The third-order valence-electron chi connectivity index (χ3n) is 5.41. The summed E-state index contributed by atoms with van der Waals surface area (Å²) in [5, 5.41) is 24.1. The van der Waals surface area contributed by atoms with Crippen LogP contribution in [0.3, 0.4) is 0 Å². The van der Waals surface area contributed by atoms with Gasteiger partial charge in [-0.2, -0.15) is 5.26 Å². The van der Waals surface area contributed by atoms with Gasteiger partial charge in [-0.05, 0) is 37.5 Å². The number of nitrogens with one attached hydrogen (secondary N) is 4. The summed E-state index contributed by atoms with van der Waals surface area (Å²) >= 11 is 6.05. The Morgan fingerprint density at radius 3 is 2.93 bits per heavy atom. The van der Waals surface area contributed by atoms with Crippen molar-refractivity contribution < 1.29 is 4.79 Å². The van der Waals surface area contributed by atoms with Gasteiger partial charge in [0.05, 0.1) is 29.5 Å². The number of halogens is 1. The molecular weight excluding hydrogens is 402 g/mol. The summed E-state index contributed by atoms with van der Waals surface area (Å²) in [5.74, 6) is -0.0857. The van der Waals surface area contributed by atoms with E-state index in [9.17, 15) is 4.79 Å². The third kappa shape index (κ3) is 3.60. The van der Waals surface area contributed by atoms with Gasteiger partial charge in [-0.1, -0.05) is 11.6 Å². The Labute approximate surface area is 178 Å². The van der Waals surface area contributed by atoms with E-state index in [1.807, 2.05) is 6.92 Å². The molecule has 0 bridgehead atoms. The van der Waals surface area contributed by atoms with Crippen LogP contribution in [-0.2, 0) is 0 Å². The SMILES string of the molecule is CNc1cc(Cl)ccc1C(=N)c1cnc2[nH]cc(C(=O)NC(C)C3CC3C#N)c2n1. The number of amides is 1. The molecule has 1 aliphatic carbocycles. The molecule has 1 amide bonds. The highest BCUT2D eigenvalue weighted by molar-refractivity contribution is 6.31. The first-order valence-electron chi connectivity index (χ1n) is 9.54. The van der Waals surface area contributed by atoms with Gasteiger partial charge in [-0.3, -0.25) is 10.2 Å². The number of fused-ring (bicyclic) bond motifs is 1. The van der Waals surface area contributed by atoms with Gasteiger partial charge in [0.25, 0.3) is 5.91 Å². The first kappa shape index (κ1) is 19.9. The van der Waals surface area contributed by atoms with E-state index >= 15 is 0 Å². The normalized spacial score (nSPS) is 18.5. The highest BCUT2D eigenvalue weighted by Gasteiger charge is 2.42. The number of rotatable bonds is 6. The molecule has 0 aliphatic heterocycles. The van der Waals surface area contributed by atoms with E-state index in [0.717, 1.165) is 6.42 Å². The first-order chi connectivity index (χ1) is 14.4. The fourth-order valence-corrected chi connectivity index (χ4v) is 3.74. The quantitative estimate of drug-likeness (QED) is 0.453. The zero-order valence-corrected chi connectivity index (χ0v) is 17.2. The second-order valence-electron chi connectivity index (χ2n) is 7.37. The van der Waals surface area contributed by atoms with Crippen molar-refractivity contribution in [3.8, 4) is 6.07 Å². The lowest BCUT2D eigenvalue weighted by atomic mass is 10.1. The molecule has 4 N–H and O–H groups in total. The van der Waals surface area contributed by atoms with Crippen LogP contribution in [0.15, 0.2) is 30.6 Å². The van der Waals surface area contributed by atoms with Crippen LogP contribution in [0.5, 0.6) is 0 Å². The van der Waals surface area contributed by atoms with Gasteiger partial charge in [0.1, 0.15) is 11.2 Å². The topological polar surface area (TPSA) is 130 Å². The second-order valence-corrected chi connectivity index (χ2v) is 7.80. The number of aromatic amines is 1. The first-order valence-corrected chi connectivity index (χ1v) is 9.92. The van der Waals surface area contributed by atoms with Crippen molar-refractivity contribution in [3.05, 3.63) is 52.4 Å². The molecule has 3 aromatic rings. The minimum Gasteiger partial charge on any atom is -0.388 e. The van der Waals surface area contributed by atoms with Gasteiger partial charge in [0.2, 0.25) is 0 Å². The van der Waals surface area contributed by atoms with Crippen LogP contribution in [0.25, 0.3) is 11.2 Å². The van der Waals surface area contributed by atoms with Crippen molar-refractivity contribution in [2.45, 2.75) is 19.4 Å². The number of H-pyrrole nitrogens is 1. The molecule has 30 heavy (non-hydrogen) atoms. The molecule has 9 heteroatoms. The largest absolute Gasteiger partial charge is 0.388 e. The van der Waals surface area contributed by atoms with Gasteiger partial charge in [0, 0.05) is 35.6 Å². The van der Waals surface area contributed by atoms with Crippen molar-refractivity contribution in [1.82, 2.24) is 20.3 Å². The van der Waals surface area contributed by atoms with Gasteiger partial charge in [-0.15, -0.1) is 0 Å². The fourth-order valence-electron chi connectivity index (χ4n) is 3.57. The summed E-state index contributed by atoms with van der Waals surface area (Å²) in [6.45, 7) is 1.90. The number of carbonyl (C=O) groups excluding carboxylic acids is 1. The fraction of sp³-hybridized carbons (Fsp3) is 0.286. The maximum atomic E-state index is 12.8. The molecular formula is C21H20ClN7O. The number of nitrogens with zero attached hydrogens (tertiary/aromatic N) is 3. The van der Waals surface area contributed by atoms with Crippen LogP contribution in [0.1, 0.15) is 35.0 Å². The number of benzene rings is 1. The third-order valence-corrected chi connectivity index (χ3v) is 5.64. The molecule has 2 heterocycles. The van der Waals surface area contributed by atoms with E-state index in [2.05, 4.69) is 31.7 Å². The lowest BCUT2D eigenvalue weighted by molar-refractivity contribution is 0.0937. The van der Waals surface area contributed by atoms with E-state index in [-0.39, 0.29) is 29.5 Å². The molecule has 0 spiro atoms. The Hall–Kier alpha value is -3.44. The Balaban J connectivity index is 1.62. The summed E-state index contributed by atoms with van der Waals surface area (Å²) in [4.78, 5) is 24.6. The molecule has 1 aromatic carbocycles. The number of carbonyl (C=O) groups is 1. The van der Waals surface area contributed by atoms with Crippen LogP contribution in [0.4, 0.5) is 5.69 Å². The summed E-state index contributed by atoms with van der Waals surface area (Å²) in [7, 11) is 1.75. The highest BCUT2D eigenvalue weighted by atomic mass is 35.5. The lowest BCUT2D eigenvalue weighted by Gasteiger charge is -2.12. The van der Waals surface area contributed by atoms with E-state index in [0.29, 0.717) is 38.7 Å². The van der Waals surface area contributed by atoms with Crippen molar-refractivity contribution in [2.24, 2.45) is 11.8 Å². The van der Waals surface area contributed by atoms with Crippen LogP contribution in [0, 0.1) is 28.6 Å². The van der Waals surface area contributed by atoms with Gasteiger partial charge in [-0.25, -0.2) is 9.97 Å². The van der Waals surface area contributed by atoms with Crippen LogP contribution in [0.2, 0.25) is 5.02 Å². The molecule has 1 saturated carbocycles. The Kier molecular flexibility index (Phi) is 5.14. The maximum absolute atomic E-state index is 12.8. The van der Waals surface area contributed by atoms with Crippen LogP contribution >= 0.6 is 11.6 Å². The zero-order valence-electron chi connectivity index (χ0n) is 16.5. The van der Waals surface area contributed by atoms with Crippen molar-refractivity contribution in [1.29, 1.82) is 10.7 Å². The molecule has 0 saturated heterocycles. The van der Waals surface area contributed by atoms with Crippen LogP contribution in [-0.4, -0.2) is 39.7 Å². The molecule has 1 aliphatic rings. The number of hydrogen-bond acceptors (Lipinski definition) is 6. The molecule has 2 aromatic heterocycles. The van der Waals surface area contributed by atoms with E-state index < -0.39 is 0 Å². The van der Waals surface area contributed by atoms with E-state index in [1.165, 1.54) is 6.20 Å².